The number of nitrogens with two attached hydrogens (primary N) is 1. The number of sulfonamides is 1. The molecule has 0 saturated heterocycles. The lowest BCUT2D eigenvalue weighted by molar-refractivity contribution is 0.417. The summed E-state index contributed by atoms with van der Waals surface area (Å²) in [7, 11) is -2.53. The second-order valence-electron chi connectivity index (χ2n) is 4.11. The Morgan fingerprint density at radius 3 is 2.48 bits per heavy atom. The summed E-state index contributed by atoms with van der Waals surface area (Å²) in [5.41, 5.74) is 5.96. The summed E-state index contributed by atoms with van der Waals surface area (Å²) in [5.74, 6) is 0.379. The normalized spacial score (nSPS) is 11.2. The topological polar surface area (TPSA) is 81.4 Å². The van der Waals surface area contributed by atoms with Gasteiger partial charge in [0.15, 0.2) is 0 Å². The smallest absolute Gasteiger partial charge is 0.265 e. The number of benzene rings is 2. The maximum atomic E-state index is 12.4. The van der Waals surface area contributed by atoms with Gasteiger partial charge >= 0.3 is 0 Å². The highest BCUT2D eigenvalue weighted by Gasteiger charge is 2.23. The van der Waals surface area contributed by atoms with E-state index in [0.29, 0.717) is 5.75 Å². The van der Waals surface area contributed by atoms with E-state index in [1.807, 2.05) is 0 Å². The summed E-state index contributed by atoms with van der Waals surface area (Å²) in [6.07, 6.45) is 0. The third-order valence-electron chi connectivity index (χ3n) is 2.66. The third-order valence-corrected chi connectivity index (χ3v) is 4.77. The van der Waals surface area contributed by atoms with Crippen LogP contribution >= 0.6 is 23.2 Å². The molecule has 112 valence electrons. The summed E-state index contributed by atoms with van der Waals surface area (Å²) in [6, 6.07) is 9.23. The maximum Gasteiger partial charge on any atom is 0.265 e. The molecule has 0 bridgehead atoms. The van der Waals surface area contributed by atoms with Gasteiger partial charge in [0.2, 0.25) is 0 Å². The zero-order chi connectivity index (χ0) is 15.6. The molecular formula is C13H12Cl2N2O3S. The monoisotopic (exact) mass is 346 g/mol. The van der Waals surface area contributed by atoms with Crippen molar-refractivity contribution in [1.82, 2.24) is 0 Å². The lowest BCUT2D eigenvalue weighted by Gasteiger charge is -2.14. The van der Waals surface area contributed by atoms with Gasteiger partial charge in [-0.25, -0.2) is 8.42 Å². The first kappa shape index (κ1) is 15.8. The molecule has 3 N–H and O–H groups in total. The summed E-state index contributed by atoms with van der Waals surface area (Å²) >= 11 is 11.7. The van der Waals surface area contributed by atoms with E-state index in [2.05, 4.69) is 4.72 Å². The predicted molar refractivity (Wildman–Crippen MR) is 84.7 cm³/mol. The molecule has 0 unspecified atom stereocenters. The maximum absolute atomic E-state index is 12.4. The molecule has 0 heterocycles. The van der Waals surface area contributed by atoms with Gasteiger partial charge in [-0.15, -0.1) is 0 Å². The van der Waals surface area contributed by atoms with Gasteiger partial charge in [-0.05, 0) is 24.3 Å². The van der Waals surface area contributed by atoms with E-state index in [1.54, 1.807) is 24.3 Å². The van der Waals surface area contributed by atoms with E-state index in [4.69, 9.17) is 33.7 Å². The number of methoxy groups -OCH3 is 1. The first-order valence-corrected chi connectivity index (χ1v) is 7.99. The Kier molecular flexibility index (Phi) is 4.51. The highest BCUT2D eigenvalue weighted by Crippen LogP contribution is 2.34. The largest absolute Gasteiger partial charge is 0.495 e. The van der Waals surface area contributed by atoms with Crippen molar-refractivity contribution in [2.75, 3.05) is 17.6 Å². The summed E-state index contributed by atoms with van der Waals surface area (Å²) in [4.78, 5) is -0.223. The van der Waals surface area contributed by atoms with E-state index < -0.39 is 10.0 Å². The fourth-order valence-electron chi connectivity index (χ4n) is 1.79. The summed E-state index contributed by atoms with van der Waals surface area (Å²) < 4.78 is 32.4. The molecule has 0 aliphatic carbocycles. The van der Waals surface area contributed by atoms with Gasteiger partial charge in [-0.2, -0.15) is 0 Å². The van der Waals surface area contributed by atoms with Crippen molar-refractivity contribution in [3.63, 3.8) is 0 Å². The number of ether oxygens (including phenoxy) is 1. The second-order valence-corrected chi connectivity index (χ2v) is 6.57. The molecule has 2 aromatic rings. The molecule has 0 aliphatic heterocycles. The van der Waals surface area contributed by atoms with Gasteiger partial charge in [-0.3, -0.25) is 4.72 Å². The van der Waals surface area contributed by atoms with Crippen LogP contribution in [0.4, 0.5) is 11.4 Å². The molecule has 0 radical (unpaired) electrons. The van der Waals surface area contributed by atoms with E-state index in [1.165, 1.54) is 19.2 Å². The number of para-hydroxylation sites is 2. The van der Waals surface area contributed by atoms with Gasteiger partial charge in [-0.1, -0.05) is 35.3 Å². The van der Waals surface area contributed by atoms with Gasteiger partial charge in [0.25, 0.3) is 10.0 Å². The molecular weight excluding hydrogens is 335 g/mol. The molecule has 2 rings (SSSR count). The number of nitrogens with one attached hydrogen (secondary N) is 1. The fourth-order valence-corrected chi connectivity index (χ4v) is 3.85. The predicted octanol–water partition coefficient (Wildman–Crippen LogP) is 3.39. The molecule has 8 heteroatoms. The van der Waals surface area contributed by atoms with Gasteiger partial charge < -0.3 is 10.5 Å². The van der Waals surface area contributed by atoms with Crippen LogP contribution in [0.3, 0.4) is 0 Å². The molecule has 0 amide bonds. The van der Waals surface area contributed by atoms with Crippen molar-refractivity contribution >= 4 is 44.6 Å². The Hall–Kier alpha value is -1.63. The number of nitrogen functional groups attached to an aromatic ring is 1. The second kappa shape index (κ2) is 6.01. The van der Waals surface area contributed by atoms with Gasteiger partial charge in [0.1, 0.15) is 10.6 Å². The number of hydrogen-bond acceptors (Lipinski definition) is 4. The number of hydrogen-bond donors (Lipinski definition) is 2. The Bertz CT molecular complexity index is 756. The lowest BCUT2D eigenvalue weighted by atomic mass is 10.3. The van der Waals surface area contributed by atoms with Gasteiger partial charge in [0, 0.05) is 5.02 Å². The van der Waals surface area contributed by atoms with Crippen LogP contribution in [0.2, 0.25) is 10.0 Å². The van der Waals surface area contributed by atoms with E-state index in [-0.39, 0.29) is 26.3 Å². The van der Waals surface area contributed by atoms with E-state index in [0.717, 1.165) is 0 Å². The quantitative estimate of drug-likeness (QED) is 0.831. The van der Waals surface area contributed by atoms with E-state index >= 15 is 0 Å². The Labute approximate surface area is 132 Å². The van der Waals surface area contributed by atoms with Gasteiger partial charge in [0.05, 0.1) is 23.5 Å². The van der Waals surface area contributed by atoms with Crippen LogP contribution in [-0.4, -0.2) is 15.5 Å². The Morgan fingerprint density at radius 1 is 1.19 bits per heavy atom. The van der Waals surface area contributed by atoms with Crippen molar-refractivity contribution in [3.05, 3.63) is 46.4 Å². The molecule has 0 aliphatic rings. The zero-order valence-corrected chi connectivity index (χ0v) is 13.3. The van der Waals surface area contributed by atoms with Crippen LogP contribution in [0.25, 0.3) is 0 Å². The van der Waals surface area contributed by atoms with Crippen molar-refractivity contribution in [2.24, 2.45) is 0 Å². The molecule has 2 aromatic carbocycles. The first-order chi connectivity index (χ1) is 9.85. The van der Waals surface area contributed by atoms with Crippen molar-refractivity contribution in [2.45, 2.75) is 4.90 Å². The van der Waals surface area contributed by atoms with Crippen molar-refractivity contribution < 1.29 is 13.2 Å². The van der Waals surface area contributed by atoms with Crippen molar-refractivity contribution in [3.8, 4) is 5.75 Å². The SMILES string of the molecule is COc1ccccc1NS(=O)(=O)c1c(N)cc(Cl)cc1Cl. The molecule has 5 nitrogen and oxygen atoms in total. The zero-order valence-electron chi connectivity index (χ0n) is 10.9. The highest BCUT2D eigenvalue weighted by atomic mass is 35.5. The molecule has 21 heavy (non-hydrogen) atoms. The Morgan fingerprint density at radius 2 is 1.86 bits per heavy atom. The third kappa shape index (κ3) is 3.34. The molecule has 0 fully saturated rings. The fraction of sp³-hybridized carbons (Fsp3) is 0.0769. The number of anilines is 2. The minimum absolute atomic E-state index is 0.0325. The van der Waals surface area contributed by atoms with Crippen LogP contribution in [0, 0.1) is 0 Å². The lowest BCUT2D eigenvalue weighted by Crippen LogP contribution is -2.16. The van der Waals surface area contributed by atoms with Crippen LogP contribution in [0.15, 0.2) is 41.3 Å². The van der Waals surface area contributed by atoms with Crippen LogP contribution in [-0.2, 0) is 10.0 Å². The highest BCUT2D eigenvalue weighted by molar-refractivity contribution is 7.93. The van der Waals surface area contributed by atoms with Crippen LogP contribution in [0.5, 0.6) is 5.75 Å². The molecule has 0 aromatic heterocycles. The van der Waals surface area contributed by atoms with Crippen LogP contribution in [0.1, 0.15) is 0 Å². The minimum atomic E-state index is -3.97. The van der Waals surface area contributed by atoms with Crippen LogP contribution < -0.4 is 15.2 Å². The average molecular weight is 347 g/mol. The summed E-state index contributed by atoms with van der Waals surface area (Å²) in [6.45, 7) is 0. The first-order valence-electron chi connectivity index (χ1n) is 5.75. The number of rotatable bonds is 4. The summed E-state index contributed by atoms with van der Waals surface area (Å²) in [5, 5.41) is 0.205. The minimum Gasteiger partial charge on any atom is -0.495 e. The molecule has 0 atom stereocenters. The Balaban J connectivity index is 2.49. The average Bonchev–Trinajstić information content (AvgIpc) is 2.37. The molecule has 0 saturated carbocycles. The van der Waals surface area contributed by atoms with E-state index in [9.17, 15) is 8.42 Å². The molecule has 0 spiro atoms. The van der Waals surface area contributed by atoms with Crippen molar-refractivity contribution in [1.29, 1.82) is 0 Å². The standard InChI is InChI=1S/C13H12Cl2N2O3S/c1-20-12-5-3-2-4-11(12)17-21(18,19)13-9(15)6-8(14)7-10(13)16/h2-7,17H,16H2,1H3. The number of halogens is 2.